The number of nitrogens with one attached hydrogen (secondary N) is 1. The van der Waals surface area contributed by atoms with Crippen LogP contribution in [0.5, 0.6) is 0 Å². The fraction of sp³-hybridized carbons (Fsp3) is 0.480. The zero-order valence-electron chi connectivity index (χ0n) is 18.8. The minimum absolute atomic E-state index is 0.188. The highest BCUT2D eigenvalue weighted by Gasteiger charge is 2.33. The predicted molar refractivity (Wildman–Crippen MR) is 127 cm³/mol. The van der Waals surface area contributed by atoms with Crippen molar-refractivity contribution < 1.29 is 9.59 Å². The molecular weight excluding hydrogens is 424 g/mol. The Morgan fingerprint density at radius 1 is 1.16 bits per heavy atom. The van der Waals surface area contributed by atoms with Crippen LogP contribution in [0.3, 0.4) is 0 Å². The SMILES string of the molecule is Cc1ccc(C(=O)Nc2cccc(CN3CCN(C(=O)C4CCCC4)[C@@H](C)C3)c2Cl)cn1. The Morgan fingerprint density at radius 2 is 1.94 bits per heavy atom. The fourth-order valence-corrected chi connectivity index (χ4v) is 4.98. The molecule has 2 amide bonds. The fourth-order valence-electron chi connectivity index (χ4n) is 4.75. The van der Waals surface area contributed by atoms with Crippen LogP contribution in [0.1, 0.15) is 54.2 Å². The maximum Gasteiger partial charge on any atom is 0.257 e. The molecule has 1 aliphatic heterocycles. The van der Waals surface area contributed by atoms with Crippen molar-refractivity contribution >= 4 is 29.1 Å². The van der Waals surface area contributed by atoms with Gasteiger partial charge in [-0.2, -0.15) is 0 Å². The summed E-state index contributed by atoms with van der Waals surface area (Å²) in [5, 5.41) is 3.46. The lowest BCUT2D eigenvalue weighted by Crippen LogP contribution is -2.54. The number of hydrogen-bond donors (Lipinski definition) is 1. The zero-order chi connectivity index (χ0) is 22.7. The molecule has 1 saturated heterocycles. The first-order valence-electron chi connectivity index (χ1n) is 11.5. The van der Waals surface area contributed by atoms with Gasteiger partial charge in [-0.1, -0.05) is 36.6 Å². The lowest BCUT2D eigenvalue weighted by molar-refractivity contribution is -0.140. The van der Waals surface area contributed by atoms with Crippen molar-refractivity contribution in [3.63, 3.8) is 0 Å². The van der Waals surface area contributed by atoms with Gasteiger partial charge in [0.25, 0.3) is 5.91 Å². The number of rotatable bonds is 5. The number of amides is 2. The summed E-state index contributed by atoms with van der Waals surface area (Å²) < 4.78 is 0. The van der Waals surface area contributed by atoms with Gasteiger partial charge in [0.15, 0.2) is 0 Å². The molecule has 32 heavy (non-hydrogen) atoms. The molecule has 0 unspecified atom stereocenters. The molecule has 1 aliphatic carbocycles. The van der Waals surface area contributed by atoms with E-state index >= 15 is 0 Å². The summed E-state index contributed by atoms with van der Waals surface area (Å²) in [5.74, 6) is 0.328. The van der Waals surface area contributed by atoms with Crippen molar-refractivity contribution in [2.75, 3.05) is 25.0 Å². The monoisotopic (exact) mass is 454 g/mol. The quantitative estimate of drug-likeness (QED) is 0.721. The Kier molecular flexibility index (Phi) is 7.11. The molecule has 7 heteroatoms. The minimum Gasteiger partial charge on any atom is -0.337 e. The van der Waals surface area contributed by atoms with E-state index in [0.29, 0.717) is 28.7 Å². The van der Waals surface area contributed by atoms with Gasteiger partial charge in [0, 0.05) is 50.0 Å². The van der Waals surface area contributed by atoms with Gasteiger partial charge >= 0.3 is 0 Å². The summed E-state index contributed by atoms with van der Waals surface area (Å²) in [6, 6.07) is 9.47. The standard InChI is InChI=1S/C25H31ClN4O2/c1-17-10-11-20(14-27-17)24(31)28-22-9-5-8-21(23(22)26)16-29-12-13-30(18(2)15-29)25(32)19-6-3-4-7-19/h5,8-11,14,18-19H,3-4,6-7,12-13,15-16H2,1-2H3,(H,28,31)/t18-/m0/s1. The van der Waals surface area contributed by atoms with Gasteiger partial charge in [-0.3, -0.25) is 19.5 Å². The Hall–Kier alpha value is -2.44. The number of aryl methyl sites for hydroxylation is 1. The first-order chi connectivity index (χ1) is 15.4. The first-order valence-corrected chi connectivity index (χ1v) is 11.8. The van der Waals surface area contributed by atoms with Crippen molar-refractivity contribution in [1.29, 1.82) is 0 Å². The van der Waals surface area contributed by atoms with Crippen molar-refractivity contribution in [3.8, 4) is 0 Å². The maximum atomic E-state index is 12.9. The highest BCUT2D eigenvalue weighted by atomic mass is 35.5. The molecule has 6 nitrogen and oxygen atoms in total. The number of pyridine rings is 1. The maximum absolute atomic E-state index is 12.9. The second-order valence-electron chi connectivity index (χ2n) is 9.02. The lowest BCUT2D eigenvalue weighted by Gasteiger charge is -2.41. The average molecular weight is 455 g/mol. The second kappa shape index (κ2) is 10.0. The molecule has 1 N–H and O–H groups in total. The third-order valence-electron chi connectivity index (χ3n) is 6.59. The predicted octanol–water partition coefficient (Wildman–Crippen LogP) is 4.52. The summed E-state index contributed by atoms with van der Waals surface area (Å²) in [4.78, 5) is 34.0. The molecule has 2 aromatic rings. The van der Waals surface area contributed by atoms with Crippen LogP contribution in [-0.2, 0) is 11.3 Å². The van der Waals surface area contributed by atoms with E-state index in [1.807, 2.05) is 31.2 Å². The minimum atomic E-state index is -0.232. The molecule has 170 valence electrons. The Balaban J connectivity index is 1.38. The van der Waals surface area contributed by atoms with Crippen molar-refractivity contribution in [1.82, 2.24) is 14.8 Å². The second-order valence-corrected chi connectivity index (χ2v) is 9.40. The number of piperazine rings is 1. The van der Waals surface area contributed by atoms with Gasteiger partial charge in [0.05, 0.1) is 16.3 Å². The molecule has 0 spiro atoms. The number of nitrogens with zero attached hydrogens (tertiary/aromatic N) is 3. The number of carbonyl (C=O) groups excluding carboxylic acids is 2. The van der Waals surface area contributed by atoms with Crippen molar-refractivity contribution in [2.24, 2.45) is 5.92 Å². The van der Waals surface area contributed by atoms with E-state index in [1.165, 1.54) is 12.8 Å². The van der Waals surface area contributed by atoms with E-state index in [2.05, 4.69) is 27.0 Å². The normalized spacial score (nSPS) is 19.8. The summed E-state index contributed by atoms with van der Waals surface area (Å²) in [7, 11) is 0. The van der Waals surface area contributed by atoms with Crippen LogP contribution in [0.4, 0.5) is 5.69 Å². The summed E-state index contributed by atoms with van der Waals surface area (Å²) in [6.45, 7) is 7.10. The van der Waals surface area contributed by atoms with Crippen LogP contribution in [0.25, 0.3) is 0 Å². The number of aromatic nitrogens is 1. The van der Waals surface area contributed by atoms with E-state index in [1.54, 1.807) is 12.3 Å². The Bertz CT molecular complexity index is 972. The molecule has 2 heterocycles. The van der Waals surface area contributed by atoms with Crippen LogP contribution in [0.15, 0.2) is 36.5 Å². The smallest absolute Gasteiger partial charge is 0.257 e. The molecule has 0 bridgehead atoms. The number of benzene rings is 1. The van der Waals surface area contributed by atoms with Crippen LogP contribution in [-0.4, -0.2) is 52.3 Å². The van der Waals surface area contributed by atoms with Gasteiger partial charge < -0.3 is 10.2 Å². The molecule has 1 aromatic carbocycles. The number of carbonyl (C=O) groups is 2. The zero-order valence-corrected chi connectivity index (χ0v) is 19.6. The van der Waals surface area contributed by atoms with Crippen molar-refractivity contribution in [2.45, 2.75) is 52.1 Å². The number of hydrogen-bond acceptors (Lipinski definition) is 4. The number of anilines is 1. The molecule has 2 fully saturated rings. The largest absolute Gasteiger partial charge is 0.337 e. The van der Waals surface area contributed by atoms with Gasteiger partial charge in [0.1, 0.15) is 0 Å². The van der Waals surface area contributed by atoms with E-state index in [9.17, 15) is 9.59 Å². The highest BCUT2D eigenvalue weighted by Crippen LogP contribution is 2.30. The molecule has 1 saturated carbocycles. The van der Waals surface area contributed by atoms with E-state index in [-0.39, 0.29) is 17.9 Å². The third-order valence-corrected chi connectivity index (χ3v) is 7.04. The van der Waals surface area contributed by atoms with Crippen LogP contribution in [0, 0.1) is 12.8 Å². The average Bonchev–Trinajstić information content (AvgIpc) is 3.32. The van der Waals surface area contributed by atoms with Gasteiger partial charge in [0.2, 0.25) is 5.91 Å². The topological polar surface area (TPSA) is 65.5 Å². The van der Waals surface area contributed by atoms with Crippen LogP contribution >= 0.6 is 11.6 Å². The Labute approximate surface area is 195 Å². The van der Waals surface area contributed by atoms with E-state index in [0.717, 1.165) is 43.7 Å². The molecule has 4 rings (SSSR count). The number of halogens is 1. The van der Waals surface area contributed by atoms with Gasteiger partial charge in [-0.25, -0.2) is 0 Å². The molecular formula is C25H31ClN4O2. The first kappa shape index (κ1) is 22.7. The third kappa shape index (κ3) is 5.13. The Morgan fingerprint density at radius 3 is 2.62 bits per heavy atom. The molecule has 0 radical (unpaired) electrons. The van der Waals surface area contributed by atoms with E-state index in [4.69, 9.17) is 11.6 Å². The van der Waals surface area contributed by atoms with Crippen LogP contribution < -0.4 is 5.32 Å². The summed E-state index contributed by atoms with van der Waals surface area (Å²) in [6.07, 6.45) is 6.00. The molecule has 1 aromatic heterocycles. The highest BCUT2D eigenvalue weighted by molar-refractivity contribution is 6.34. The van der Waals surface area contributed by atoms with E-state index < -0.39 is 0 Å². The van der Waals surface area contributed by atoms with Gasteiger partial charge in [-0.05, 0) is 50.5 Å². The lowest BCUT2D eigenvalue weighted by atomic mass is 10.0. The van der Waals surface area contributed by atoms with Gasteiger partial charge in [-0.15, -0.1) is 0 Å². The molecule has 1 atom stereocenters. The van der Waals surface area contributed by atoms with Crippen molar-refractivity contribution in [3.05, 3.63) is 58.4 Å². The summed E-state index contributed by atoms with van der Waals surface area (Å²) >= 11 is 6.66. The molecule has 2 aliphatic rings. The van der Waals surface area contributed by atoms with Crippen LogP contribution in [0.2, 0.25) is 5.02 Å². The summed E-state index contributed by atoms with van der Waals surface area (Å²) in [5.41, 5.74) is 2.92.